The van der Waals surface area contributed by atoms with Gasteiger partial charge in [0.2, 0.25) is 5.78 Å². The second-order valence-electron chi connectivity index (χ2n) is 9.80. The fraction of sp³-hybridized carbons (Fsp3) is 0.0323. The molecule has 2 aliphatic rings. The molecule has 8 nitrogen and oxygen atoms in total. The van der Waals surface area contributed by atoms with Crippen LogP contribution in [-0.2, 0) is 25.8 Å². The van der Waals surface area contributed by atoms with Gasteiger partial charge in [0.15, 0.2) is 6.98 Å². The van der Waals surface area contributed by atoms with Crippen LogP contribution in [0.15, 0.2) is 133 Å². The molecule has 0 bridgehead atoms. The minimum absolute atomic E-state index is 0. The molecule has 3 aromatic heterocycles. The predicted molar refractivity (Wildman–Crippen MR) is 165 cm³/mol. The molecule has 0 unspecified atom stereocenters. The Hall–Kier alpha value is -4.68. The van der Waals surface area contributed by atoms with Crippen LogP contribution in [-0.4, -0.2) is 37.2 Å². The van der Waals surface area contributed by atoms with Crippen LogP contribution in [0.5, 0.6) is 0 Å². The quantitative estimate of drug-likeness (QED) is 0.210. The van der Waals surface area contributed by atoms with Crippen LogP contribution in [0.3, 0.4) is 0 Å². The van der Waals surface area contributed by atoms with Gasteiger partial charge in [-0.15, -0.1) is 12.0 Å². The Morgan fingerprint density at radius 3 is 2.52 bits per heavy atom. The zero-order chi connectivity index (χ0) is 29.8. The van der Waals surface area contributed by atoms with Crippen LogP contribution in [0.4, 0.5) is 0 Å². The van der Waals surface area contributed by atoms with Crippen molar-refractivity contribution in [1.82, 2.24) is 23.4 Å². The number of fused-ring (bicyclic) bond motifs is 5. The fourth-order valence-corrected chi connectivity index (χ4v) is 5.48. The normalized spacial score (nSPS) is 15.9. The van der Waals surface area contributed by atoms with Gasteiger partial charge in [0, 0.05) is 34.0 Å². The van der Waals surface area contributed by atoms with Gasteiger partial charge in [0.05, 0.1) is 27.8 Å². The molecule has 3 aromatic carbocycles. The van der Waals surface area contributed by atoms with E-state index in [1.165, 1.54) is 0 Å². The van der Waals surface area contributed by atoms with E-state index in [1.807, 2.05) is 71.1 Å². The molecule has 204 valence electrons. The first-order chi connectivity index (χ1) is 21.4. The molecular weight excluding hydrogens is 703 g/mol. The third kappa shape index (κ3) is 4.39. The molecule has 0 aliphatic carbocycles. The third-order valence-corrected chi connectivity index (χ3v) is 7.25. The summed E-state index contributed by atoms with van der Waals surface area (Å²) in [4.78, 5) is 9.49. The van der Waals surface area contributed by atoms with E-state index in [4.69, 9.17) is 24.3 Å². The molecule has 0 spiro atoms. The zero-order valence-electron chi connectivity index (χ0n) is 25.1. The van der Waals surface area contributed by atoms with E-state index in [-0.39, 0.29) is 33.6 Å². The SMILES string of the molecule is [2H]C([2H])([2H])c1cccc(-n2ccnc2B2C=CC=C(OC3=CC=CB(n4c5ccccc5n5c6ccccc6nc45)[N-]3)[N-]2)c1.[Pt+2]. The molecular formula is C31H23B2N7OPt. The van der Waals surface area contributed by atoms with Crippen molar-refractivity contribution in [2.75, 3.05) is 0 Å². The second-order valence-corrected chi connectivity index (χ2v) is 9.80. The summed E-state index contributed by atoms with van der Waals surface area (Å²) >= 11 is 0. The Kier molecular flexibility index (Phi) is 5.80. The Labute approximate surface area is 261 Å². The Morgan fingerprint density at radius 1 is 0.857 bits per heavy atom. The van der Waals surface area contributed by atoms with E-state index in [0.717, 1.165) is 27.8 Å². The number of hydrogen-bond acceptors (Lipinski definition) is 3. The maximum atomic E-state index is 7.79. The summed E-state index contributed by atoms with van der Waals surface area (Å²) in [5.74, 6) is 5.53. The number of nitrogens with zero attached hydrogens (tertiary/aromatic N) is 7. The topological polar surface area (TPSA) is 77.5 Å². The molecule has 0 atom stereocenters. The van der Waals surface area contributed by atoms with Crippen molar-refractivity contribution in [2.24, 2.45) is 0 Å². The number of aryl methyl sites for hydroxylation is 1. The van der Waals surface area contributed by atoms with Crippen molar-refractivity contribution in [3.63, 3.8) is 0 Å². The molecule has 2 aliphatic heterocycles. The standard InChI is InChI=1S/C31H23B2N7O.Pt/c1-22-9-6-10-23(21-22)38-20-19-34-30(38)32-17-7-15-28(36-32)41-29-16-8-18-33(37-29)40-27-14-5-4-13-26(27)39-25-12-3-2-11-24(25)35-31(39)40;/h2-21H,1H3;/q-2;+2/i1D3;. The van der Waals surface area contributed by atoms with E-state index in [9.17, 15) is 0 Å². The van der Waals surface area contributed by atoms with Crippen LogP contribution < -0.4 is 5.72 Å². The first kappa shape index (κ1) is 22.9. The van der Waals surface area contributed by atoms with E-state index in [0.29, 0.717) is 23.2 Å². The van der Waals surface area contributed by atoms with Crippen LogP contribution >= 0.6 is 0 Å². The maximum Gasteiger partial charge on any atom is 2.00 e. The van der Waals surface area contributed by atoms with Gasteiger partial charge in [0.1, 0.15) is 6.85 Å². The molecule has 0 saturated carbocycles. The molecule has 11 heteroatoms. The van der Waals surface area contributed by atoms with Gasteiger partial charge in [-0.1, -0.05) is 48.6 Å². The Morgan fingerprint density at radius 2 is 1.64 bits per heavy atom. The van der Waals surface area contributed by atoms with E-state index in [2.05, 4.69) is 32.1 Å². The van der Waals surface area contributed by atoms with Crippen molar-refractivity contribution in [2.45, 2.75) is 6.85 Å². The minimum Gasteiger partial charge on any atom is -0.666 e. The van der Waals surface area contributed by atoms with Crippen molar-refractivity contribution in [3.8, 4) is 5.69 Å². The largest absolute Gasteiger partial charge is 2.00 e. The first-order valence-corrected chi connectivity index (χ1v) is 13.3. The monoisotopic (exact) mass is 729 g/mol. The van der Waals surface area contributed by atoms with E-state index < -0.39 is 13.7 Å². The molecule has 0 N–H and O–H groups in total. The van der Waals surface area contributed by atoms with Crippen LogP contribution in [0.2, 0.25) is 0 Å². The van der Waals surface area contributed by atoms with Crippen molar-refractivity contribution in [3.05, 3.63) is 149 Å². The zero-order valence-corrected chi connectivity index (χ0v) is 24.3. The minimum atomic E-state index is -2.21. The summed E-state index contributed by atoms with van der Waals surface area (Å²) in [6.45, 7) is -3.03. The Bertz CT molecular complexity index is 2200. The van der Waals surface area contributed by atoms with Crippen molar-refractivity contribution in [1.29, 1.82) is 0 Å². The molecule has 6 aromatic rings. The van der Waals surface area contributed by atoms with E-state index in [1.54, 1.807) is 36.7 Å². The number of hydrogen-bond donors (Lipinski definition) is 0. The van der Waals surface area contributed by atoms with Gasteiger partial charge in [-0.05, 0) is 61.0 Å². The predicted octanol–water partition coefficient (Wildman–Crippen LogP) is 5.83. The van der Waals surface area contributed by atoms with Gasteiger partial charge in [0.25, 0.3) is 0 Å². The fourth-order valence-electron chi connectivity index (χ4n) is 5.48. The van der Waals surface area contributed by atoms with Gasteiger partial charge >= 0.3 is 21.1 Å². The number of aromatic nitrogens is 5. The van der Waals surface area contributed by atoms with Crippen molar-refractivity contribution >= 4 is 47.4 Å². The van der Waals surface area contributed by atoms with Gasteiger partial charge in [-0.3, -0.25) is 9.38 Å². The number of allylic oxidation sites excluding steroid dienone is 4. The maximum absolute atomic E-state index is 7.79. The molecule has 0 amide bonds. The number of imidazole rings is 3. The van der Waals surface area contributed by atoms with E-state index >= 15 is 0 Å². The number of rotatable bonds is 5. The number of benzene rings is 3. The Balaban J connectivity index is 0.00000325. The molecule has 0 radical (unpaired) electrons. The van der Waals surface area contributed by atoms with Gasteiger partial charge in [-0.2, -0.15) is 0 Å². The molecule has 8 rings (SSSR count). The van der Waals surface area contributed by atoms with Crippen molar-refractivity contribution < 1.29 is 29.9 Å². The van der Waals surface area contributed by atoms with Gasteiger partial charge < -0.3 is 24.2 Å². The van der Waals surface area contributed by atoms with Gasteiger partial charge in [-0.25, -0.2) is 4.98 Å². The molecule has 0 fully saturated rings. The van der Waals surface area contributed by atoms with Crippen LogP contribution in [0, 0.1) is 6.85 Å². The van der Waals surface area contributed by atoms with Crippen LogP contribution in [0.25, 0.3) is 44.0 Å². The average Bonchev–Trinajstić information content (AvgIpc) is 3.75. The number of ether oxygens (including phenoxy) is 1. The molecule has 5 heterocycles. The number of para-hydroxylation sites is 4. The smallest absolute Gasteiger partial charge is 0.666 e. The second kappa shape index (κ2) is 10.6. The molecule has 0 saturated heterocycles. The average molecular weight is 729 g/mol. The molecule has 42 heavy (non-hydrogen) atoms. The summed E-state index contributed by atoms with van der Waals surface area (Å²) in [5.41, 5.74) is 5.62. The van der Waals surface area contributed by atoms with Crippen LogP contribution in [0.1, 0.15) is 9.68 Å². The third-order valence-electron chi connectivity index (χ3n) is 7.25. The first-order valence-electron chi connectivity index (χ1n) is 14.8. The summed E-state index contributed by atoms with van der Waals surface area (Å²) in [7, 11) is 0. The summed E-state index contributed by atoms with van der Waals surface area (Å²) in [5, 5.41) is 9.74. The summed E-state index contributed by atoms with van der Waals surface area (Å²) < 4.78 is 35.7. The summed E-state index contributed by atoms with van der Waals surface area (Å²) in [6.07, 6.45) is 10.9. The summed E-state index contributed by atoms with van der Waals surface area (Å²) in [6, 6.07) is 23.1.